The summed E-state index contributed by atoms with van der Waals surface area (Å²) in [5.41, 5.74) is -0.861. The van der Waals surface area contributed by atoms with Gasteiger partial charge >= 0.3 is 18.3 Å². The molecular formula is C16H20F6N2O2. The SMILES string of the molecule is CN1CCC(NCc2ccccc2)(C(F)(F)F)CC1.O=C(O)C(F)(F)F. The summed E-state index contributed by atoms with van der Waals surface area (Å²) in [5, 5.41) is 9.89. The number of hydrogen-bond donors (Lipinski definition) is 2. The number of nitrogens with zero attached hydrogens (tertiary/aromatic N) is 1. The second-order valence-electron chi connectivity index (χ2n) is 6.03. The van der Waals surface area contributed by atoms with Crippen molar-refractivity contribution < 1.29 is 36.2 Å². The Labute approximate surface area is 146 Å². The largest absolute Gasteiger partial charge is 0.490 e. The van der Waals surface area contributed by atoms with Crippen LogP contribution in [0.2, 0.25) is 0 Å². The van der Waals surface area contributed by atoms with Gasteiger partial charge in [-0.15, -0.1) is 0 Å². The summed E-state index contributed by atoms with van der Waals surface area (Å²) in [7, 11) is 1.86. The van der Waals surface area contributed by atoms with Crippen molar-refractivity contribution in [1.29, 1.82) is 0 Å². The van der Waals surface area contributed by atoms with Crippen molar-refractivity contribution in [3.63, 3.8) is 0 Å². The Morgan fingerprint density at radius 1 is 1.12 bits per heavy atom. The number of carboxylic acids is 1. The predicted molar refractivity (Wildman–Crippen MR) is 82.5 cm³/mol. The van der Waals surface area contributed by atoms with Crippen molar-refractivity contribution in [1.82, 2.24) is 10.2 Å². The molecule has 1 aliphatic heterocycles. The van der Waals surface area contributed by atoms with E-state index in [1.54, 1.807) is 0 Å². The molecule has 2 N–H and O–H groups in total. The van der Waals surface area contributed by atoms with Gasteiger partial charge in [-0.1, -0.05) is 30.3 Å². The van der Waals surface area contributed by atoms with E-state index in [4.69, 9.17) is 9.90 Å². The Balaban J connectivity index is 0.000000412. The number of nitrogens with one attached hydrogen (secondary N) is 1. The highest BCUT2D eigenvalue weighted by Crippen LogP contribution is 2.38. The molecule has 0 unspecified atom stereocenters. The number of carboxylic acid groups (broad SMARTS) is 1. The van der Waals surface area contributed by atoms with Crippen molar-refractivity contribution >= 4 is 5.97 Å². The molecule has 0 saturated carbocycles. The molecule has 0 amide bonds. The number of likely N-dealkylation sites (tertiary alicyclic amines) is 1. The molecule has 26 heavy (non-hydrogen) atoms. The first-order valence-corrected chi connectivity index (χ1v) is 7.72. The Morgan fingerprint density at radius 2 is 1.58 bits per heavy atom. The molecule has 0 aromatic heterocycles. The van der Waals surface area contributed by atoms with Crippen LogP contribution in [0, 0.1) is 0 Å². The Bertz CT molecular complexity index is 566. The minimum atomic E-state index is -5.08. The van der Waals surface area contributed by atoms with E-state index in [1.165, 1.54) is 0 Å². The normalized spacial score (nSPS) is 18.0. The van der Waals surface area contributed by atoms with Crippen LogP contribution < -0.4 is 5.32 Å². The highest BCUT2D eigenvalue weighted by Gasteiger charge is 2.54. The summed E-state index contributed by atoms with van der Waals surface area (Å²) < 4.78 is 71.8. The summed E-state index contributed by atoms with van der Waals surface area (Å²) >= 11 is 0. The Kier molecular flexibility index (Phi) is 7.45. The van der Waals surface area contributed by atoms with Crippen LogP contribution in [-0.2, 0) is 11.3 Å². The van der Waals surface area contributed by atoms with Crippen LogP contribution in [0.4, 0.5) is 26.3 Å². The first kappa shape index (κ1) is 22.2. The van der Waals surface area contributed by atoms with Crippen LogP contribution in [-0.4, -0.2) is 54.0 Å². The van der Waals surface area contributed by atoms with Crippen molar-refractivity contribution in [2.75, 3.05) is 20.1 Å². The summed E-state index contributed by atoms with van der Waals surface area (Å²) in [6.07, 6.45) is -9.07. The van der Waals surface area contributed by atoms with E-state index in [9.17, 15) is 26.3 Å². The third-order valence-electron chi connectivity index (χ3n) is 4.10. The second kappa shape index (κ2) is 8.72. The molecule has 0 bridgehead atoms. The van der Waals surface area contributed by atoms with Gasteiger partial charge in [-0.25, -0.2) is 4.79 Å². The van der Waals surface area contributed by atoms with Crippen LogP contribution in [0.3, 0.4) is 0 Å². The molecule has 0 atom stereocenters. The zero-order valence-electron chi connectivity index (χ0n) is 14.0. The minimum absolute atomic E-state index is 0.111. The third-order valence-corrected chi connectivity index (χ3v) is 4.10. The van der Waals surface area contributed by atoms with Gasteiger partial charge in [-0.05, 0) is 38.5 Å². The van der Waals surface area contributed by atoms with Crippen LogP contribution in [0.25, 0.3) is 0 Å². The van der Waals surface area contributed by atoms with E-state index in [0.717, 1.165) is 5.56 Å². The van der Waals surface area contributed by atoms with Gasteiger partial charge in [0.2, 0.25) is 0 Å². The summed E-state index contributed by atoms with van der Waals surface area (Å²) in [6, 6.07) is 9.22. The quantitative estimate of drug-likeness (QED) is 0.782. The molecule has 1 aromatic carbocycles. The zero-order chi connectivity index (χ0) is 20.0. The molecule has 0 aliphatic carbocycles. The fraction of sp³-hybridized carbons (Fsp3) is 0.562. The van der Waals surface area contributed by atoms with Gasteiger partial charge in [0, 0.05) is 6.54 Å². The molecule has 0 radical (unpaired) electrons. The lowest BCUT2D eigenvalue weighted by Crippen LogP contribution is -2.61. The van der Waals surface area contributed by atoms with E-state index in [1.807, 2.05) is 42.3 Å². The van der Waals surface area contributed by atoms with Crippen LogP contribution in [0.5, 0.6) is 0 Å². The maximum atomic E-state index is 13.3. The molecule has 4 nitrogen and oxygen atoms in total. The van der Waals surface area contributed by atoms with E-state index in [-0.39, 0.29) is 19.4 Å². The van der Waals surface area contributed by atoms with Crippen molar-refractivity contribution in [2.45, 2.75) is 37.3 Å². The first-order valence-electron chi connectivity index (χ1n) is 7.72. The monoisotopic (exact) mass is 386 g/mol. The summed E-state index contributed by atoms with van der Waals surface area (Å²) in [4.78, 5) is 10.8. The summed E-state index contributed by atoms with van der Waals surface area (Å²) in [5.74, 6) is -2.76. The maximum absolute atomic E-state index is 13.3. The lowest BCUT2D eigenvalue weighted by Gasteiger charge is -2.42. The van der Waals surface area contributed by atoms with E-state index < -0.39 is 23.9 Å². The Hall–Kier alpha value is -1.81. The number of piperidine rings is 1. The highest BCUT2D eigenvalue weighted by atomic mass is 19.4. The average molecular weight is 386 g/mol. The van der Waals surface area contributed by atoms with Gasteiger partial charge in [0.1, 0.15) is 5.54 Å². The molecule has 148 valence electrons. The minimum Gasteiger partial charge on any atom is -0.475 e. The number of carbonyl (C=O) groups is 1. The molecule has 0 spiro atoms. The van der Waals surface area contributed by atoms with Gasteiger partial charge in [0.05, 0.1) is 0 Å². The molecule has 1 fully saturated rings. The van der Waals surface area contributed by atoms with Gasteiger partial charge in [-0.2, -0.15) is 26.3 Å². The molecule has 1 saturated heterocycles. The predicted octanol–water partition coefficient (Wildman–Crippen LogP) is 3.44. The van der Waals surface area contributed by atoms with Crippen LogP contribution in [0.1, 0.15) is 18.4 Å². The molecule has 1 heterocycles. The van der Waals surface area contributed by atoms with Gasteiger partial charge in [0.25, 0.3) is 0 Å². The third kappa shape index (κ3) is 6.49. The fourth-order valence-electron chi connectivity index (χ4n) is 2.43. The standard InChI is InChI=1S/C14H19F3N2.C2HF3O2/c1-19-9-7-13(8-10-19,14(15,16)17)18-11-12-5-3-2-4-6-12;3-2(4,5)1(6)7/h2-6,18H,7-11H2,1H3;(H,6,7). The van der Waals surface area contributed by atoms with Gasteiger partial charge < -0.3 is 10.0 Å². The molecular weight excluding hydrogens is 366 g/mol. The number of halogens is 6. The lowest BCUT2D eigenvalue weighted by molar-refractivity contribution is -0.208. The topological polar surface area (TPSA) is 52.6 Å². The van der Waals surface area contributed by atoms with Gasteiger partial charge in [0.15, 0.2) is 0 Å². The smallest absolute Gasteiger partial charge is 0.475 e. The summed E-state index contributed by atoms with van der Waals surface area (Å²) in [6.45, 7) is 1.20. The first-order chi connectivity index (χ1) is 11.9. The van der Waals surface area contributed by atoms with E-state index in [2.05, 4.69) is 5.32 Å². The van der Waals surface area contributed by atoms with Crippen molar-refractivity contribution in [2.24, 2.45) is 0 Å². The Morgan fingerprint density at radius 3 is 1.96 bits per heavy atom. The lowest BCUT2D eigenvalue weighted by atomic mass is 9.86. The van der Waals surface area contributed by atoms with Crippen molar-refractivity contribution in [3.8, 4) is 0 Å². The number of rotatable bonds is 3. The molecule has 10 heteroatoms. The van der Waals surface area contributed by atoms with Crippen molar-refractivity contribution in [3.05, 3.63) is 35.9 Å². The van der Waals surface area contributed by atoms with Crippen LogP contribution in [0.15, 0.2) is 30.3 Å². The van der Waals surface area contributed by atoms with Gasteiger partial charge in [-0.3, -0.25) is 5.32 Å². The fourth-order valence-corrected chi connectivity index (χ4v) is 2.43. The number of alkyl halides is 6. The van der Waals surface area contributed by atoms with Crippen LogP contribution >= 0.6 is 0 Å². The second-order valence-corrected chi connectivity index (χ2v) is 6.03. The molecule has 2 rings (SSSR count). The highest BCUT2D eigenvalue weighted by molar-refractivity contribution is 5.73. The molecule has 1 aromatic rings. The average Bonchev–Trinajstić information content (AvgIpc) is 2.54. The van der Waals surface area contributed by atoms with E-state index in [0.29, 0.717) is 13.1 Å². The maximum Gasteiger partial charge on any atom is 0.490 e. The zero-order valence-corrected chi connectivity index (χ0v) is 14.0. The number of benzene rings is 1. The molecule has 1 aliphatic rings. The number of hydrogen-bond acceptors (Lipinski definition) is 3. The van der Waals surface area contributed by atoms with E-state index >= 15 is 0 Å². The number of aliphatic carboxylic acids is 1.